The zero-order valence-corrected chi connectivity index (χ0v) is 19.0. The second-order valence-electron chi connectivity index (χ2n) is 6.16. The minimum Gasteiger partial charge on any atom is -0.728 e. The monoisotopic (exact) mass is 406 g/mol. The molecule has 0 saturated heterocycles. The van der Waals surface area contributed by atoms with E-state index in [4.69, 9.17) is 4.74 Å². The van der Waals surface area contributed by atoms with Crippen molar-refractivity contribution in [2.75, 3.05) is 0 Å². The first-order chi connectivity index (χ1) is 12.4. The van der Waals surface area contributed by atoms with E-state index in [1.165, 1.54) is 62.8 Å². The van der Waals surface area contributed by atoms with E-state index < -0.39 is 10.3 Å². The van der Waals surface area contributed by atoms with Crippen LogP contribution in [-0.2, 0) is 15.1 Å². The molecule has 27 heavy (non-hydrogen) atoms. The number of ether oxygens (including phenoxy) is 1. The number of unbranched alkanes of at least 4 members (excludes halogenated alkanes) is 8. The average Bonchev–Trinajstić information content (AvgIpc) is 2.59. The van der Waals surface area contributed by atoms with Gasteiger partial charge in [0.15, 0.2) is 0 Å². The number of carbonyl (C=O) groups is 1. The van der Waals surface area contributed by atoms with Gasteiger partial charge < -0.3 is 9.29 Å². The second-order valence-corrected chi connectivity index (χ2v) is 7.17. The fourth-order valence-electron chi connectivity index (χ4n) is 2.44. The van der Waals surface area contributed by atoms with Crippen LogP contribution in [0.25, 0.3) is 0 Å². The molecule has 146 valence electrons. The van der Waals surface area contributed by atoms with E-state index in [0.717, 1.165) is 19.3 Å². The molecule has 0 aliphatic rings. The van der Waals surface area contributed by atoms with Gasteiger partial charge in [-0.25, -0.2) is 8.42 Å². The summed E-state index contributed by atoms with van der Waals surface area (Å²) in [6, 6.07) is 5.77. The van der Waals surface area contributed by atoms with Gasteiger partial charge in [0, 0.05) is 6.42 Å². The zero-order valence-electron chi connectivity index (χ0n) is 16.2. The number of carbonyl (C=O) groups excluding carboxylic acids is 1. The molecule has 0 bridgehead atoms. The smallest absolute Gasteiger partial charge is 0.728 e. The molecule has 1 aromatic carbocycles. The van der Waals surface area contributed by atoms with Crippen LogP contribution in [0.4, 0.5) is 5.69 Å². The van der Waals surface area contributed by atoms with Gasteiger partial charge >= 0.3 is 35.5 Å². The van der Waals surface area contributed by atoms with Gasteiger partial charge in [-0.15, -0.1) is 5.11 Å². The summed E-state index contributed by atoms with van der Waals surface area (Å²) in [4.78, 5) is 11.8. The molecular formula is C18H27N2NaO5S. The minimum absolute atomic E-state index is 0. The first-order valence-electron chi connectivity index (χ1n) is 9.10. The van der Waals surface area contributed by atoms with Crippen LogP contribution in [0.5, 0.6) is 5.75 Å². The van der Waals surface area contributed by atoms with E-state index in [2.05, 4.69) is 16.6 Å². The Kier molecular flexibility index (Phi) is 14.7. The van der Waals surface area contributed by atoms with Gasteiger partial charge in [0.2, 0.25) is 10.3 Å². The Morgan fingerprint density at radius 1 is 0.963 bits per heavy atom. The molecule has 0 fully saturated rings. The molecule has 0 N–H and O–H groups in total. The molecule has 0 saturated carbocycles. The van der Waals surface area contributed by atoms with E-state index >= 15 is 0 Å². The molecule has 0 amide bonds. The number of rotatable bonds is 13. The van der Waals surface area contributed by atoms with Gasteiger partial charge in [0.05, 0.1) is 5.69 Å². The summed E-state index contributed by atoms with van der Waals surface area (Å²) in [6.45, 7) is 2.21. The Morgan fingerprint density at radius 2 is 1.48 bits per heavy atom. The Morgan fingerprint density at radius 3 is 2.00 bits per heavy atom. The Balaban J connectivity index is 0.00000676. The van der Waals surface area contributed by atoms with Gasteiger partial charge in [-0.1, -0.05) is 62.8 Å². The third kappa shape index (κ3) is 14.9. The quantitative estimate of drug-likeness (QED) is 0.124. The van der Waals surface area contributed by atoms with E-state index in [-0.39, 0.29) is 41.2 Å². The van der Waals surface area contributed by atoms with Crippen LogP contribution in [0.3, 0.4) is 0 Å². The van der Waals surface area contributed by atoms with Crippen molar-refractivity contribution in [1.29, 1.82) is 0 Å². The number of hydrogen-bond acceptors (Lipinski definition) is 6. The topological polar surface area (TPSA) is 108 Å². The van der Waals surface area contributed by atoms with Gasteiger partial charge in [-0.2, -0.15) is 0 Å². The normalized spacial score (nSPS) is 11.3. The van der Waals surface area contributed by atoms with E-state index in [9.17, 15) is 17.8 Å². The molecule has 0 unspecified atom stereocenters. The summed E-state index contributed by atoms with van der Waals surface area (Å²) >= 11 is 0. The molecular weight excluding hydrogens is 379 g/mol. The molecule has 0 heterocycles. The molecule has 0 aliphatic carbocycles. The zero-order chi connectivity index (χ0) is 19.3. The maximum Gasteiger partial charge on any atom is 1.00 e. The van der Waals surface area contributed by atoms with Crippen LogP contribution < -0.4 is 34.3 Å². The SMILES string of the molecule is CCCCCCCCCCCC(=O)Oc1ccc(N=NS(=O)(=O)[O-])cc1.[Na+]. The summed E-state index contributed by atoms with van der Waals surface area (Å²) in [5.41, 5.74) is 0.183. The maximum atomic E-state index is 11.8. The molecule has 9 heteroatoms. The molecule has 0 atom stereocenters. The standard InChI is InChI=1S/C18H28N2O5S.Na/c1-2-3-4-5-6-7-8-9-10-11-18(21)25-17-14-12-16(13-15-17)19-20-26(22,23)24;/h12-15H,2-11H2,1H3,(H,22,23,24);/q;+1/p-1. The summed E-state index contributed by atoms with van der Waals surface area (Å²) in [5.74, 6) is 0.0410. The van der Waals surface area contributed by atoms with Crippen molar-refractivity contribution in [2.24, 2.45) is 9.63 Å². The van der Waals surface area contributed by atoms with Gasteiger partial charge in [-0.3, -0.25) is 4.79 Å². The van der Waals surface area contributed by atoms with Crippen LogP contribution in [0.1, 0.15) is 71.1 Å². The Labute approximate surface area is 184 Å². The molecule has 0 aliphatic heterocycles. The fraction of sp³-hybridized carbons (Fsp3) is 0.611. The van der Waals surface area contributed by atoms with Crippen molar-refractivity contribution in [2.45, 2.75) is 71.1 Å². The average molecular weight is 406 g/mol. The predicted molar refractivity (Wildman–Crippen MR) is 98.1 cm³/mol. The van der Waals surface area contributed by atoms with Crippen LogP contribution in [-0.4, -0.2) is 18.9 Å². The molecule has 0 aromatic heterocycles. The van der Waals surface area contributed by atoms with Crippen LogP contribution in [0.15, 0.2) is 33.9 Å². The molecule has 0 spiro atoms. The third-order valence-corrected chi connectivity index (χ3v) is 4.09. The molecule has 1 rings (SSSR count). The van der Waals surface area contributed by atoms with Crippen molar-refractivity contribution >= 4 is 22.0 Å². The summed E-state index contributed by atoms with van der Waals surface area (Å²) < 4.78 is 38.9. The maximum absolute atomic E-state index is 11.8. The van der Waals surface area contributed by atoms with E-state index in [0.29, 0.717) is 12.2 Å². The van der Waals surface area contributed by atoms with Crippen LogP contribution in [0.2, 0.25) is 0 Å². The van der Waals surface area contributed by atoms with Crippen LogP contribution in [0, 0.1) is 0 Å². The first-order valence-corrected chi connectivity index (χ1v) is 10.5. The fourth-order valence-corrected chi connectivity index (χ4v) is 2.63. The van der Waals surface area contributed by atoms with Crippen molar-refractivity contribution in [3.63, 3.8) is 0 Å². The summed E-state index contributed by atoms with van der Waals surface area (Å²) in [7, 11) is -4.75. The largest absolute Gasteiger partial charge is 1.00 e. The predicted octanol–water partition coefficient (Wildman–Crippen LogP) is 2.06. The number of benzene rings is 1. The number of hydrogen-bond donors (Lipinski definition) is 0. The molecule has 0 radical (unpaired) electrons. The summed E-state index contributed by atoms with van der Waals surface area (Å²) in [5, 5.41) is 3.28. The number of esters is 1. The van der Waals surface area contributed by atoms with E-state index in [1.54, 1.807) is 0 Å². The van der Waals surface area contributed by atoms with E-state index in [1.807, 2.05) is 0 Å². The van der Waals surface area contributed by atoms with Crippen molar-refractivity contribution < 1.29 is 52.1 Å². The van der Waals surface area contributed by atoms with Crippen molar-refractivity contribution in [3.8, 4) is 5.75 Å². The Bertz CT molecular complexity index is 663. The molecule has 7 nitrogen and oxygen atoms in total. The van der Waals surface area contributed by atoms with Crippen LogP contribution >= 0.6 is 0 Å². The second kappa shape index (κ2) is 15.2. The van der Waals surface area contributed by atoms with Gasteiger partial charge in [-0.05, 0) is 30.7 Å². The Hall–Kier alpha value is -0.800. The van der Waals surface area contributed by atoms with Gasteiger partial charge in [0.25, 0.3) is 0 Å². The number of nitrogens with zero attached hydrogens (tertiary/aromatic N) is 2. The van der Waals surface area contributed by atoms with Crippen molar-refractivity contribution in [3.05, 3.63) is 24.3 Å². The third-order valence-electron chi connectivity index (χ3n) is 3.81. The summed E-state index contributed by atoms with van der Waals surface area (Å²) in [6.07, 6.45) is 11.0. The first kappa shape index (κ1) is 26.2. The molecule has 1 aromatic rings. The van der Waals surface area contributed by atoms with Crippen molar-refractivity contribution in [1.82, 2.24) is 0 Å². The minimum atomic E-state index is -4.75. The van der Waals surface area contributed by atoms with Gasteiger partial charge in [0.1, 0.15) is 5.75 Å².